The average molecular weight is 644 g/mol. The van der Waals surface area contributed by atoms with Crippen LogP contribution in [-0.4, -0.2) is 55.1 Å². The average Bonchev–Trinajstić information content (AvgIpc) is 3.41. The molecule has 1 rings (SSSR count). The van der Waals surface area contributed by atoms with Crippen LogP contribution in [0.5, 0.6) is 0 Å². The van der Waals surface area contributed by atoms with Crippen molar-refractivity contribution >= 4 is 5.91 Å². The second kappa shape index (κ2) is 33.8. The van der Waals surface area contributed by atoms with Gasteiger partial charge in [0, 0.05) is 32.6 Å². The highest BCUT2D eigenvalue weighted by molar-refractivity contribution is 5.75. The van der Waals surface area contributed by atoms with E-state index in [-0.39, 0.29) is 5.91 Å². The third kappa shape index (κ3) is 26.9. The Bertz CT molecular complexity index is 705. The standard InChI is InChI=1S/C42H81N3O/c1-4-6-8-10-12-14-16-18-20-22-24-26-28-30-32-34-36-42-44(3)39-40-45(42)38-37-43-41(46)35-33-31-29-27-25-23-21-19-17-15-13-11-9-7-5-2/h18-21,42H,4-17,22-40H2,1-3H3,(H,43,46)/b20-18-,21-19-. The fourth-order valence-corrected chi connectivity index (χ4v) is 6.88. The number of unbranched alkanes of at least 4 members (excludes halogenated alkanes) is 23. The minimum Gasteiger partial charge on any atom is -0.355 e. The zero-order valence-corrected chi connectivity index (χ0v) is 31.5. The van der Waals surface area contributed by atoms with Crippen molar-refractivity contribution in [2.75, 3.05) is 33.2 Å². The van der Waals surface area contributed by atoms with E-state index in [9.17, 15) is 4.79 Å². The van der Waals surface area contributed by atoms with Crippen molar-refractivity contribution in [1.82, 2.24) is 15.1 Å². The van der Waals surface area contributed by atoms with Gasteiger partial charge in [-0.3, -0.25) is 14.6 Å². The van der Waals surface area contributed by atoms with Gasteiger partial charge in [-0.15, -0.1) is 0 Å². The Morgan fingerprint density at radius 3 is 1.46 bits per heavy atom. The van der Waals surface area contributed by atoms with Gasteiger partial charge in [0.05, 0.1) is 6.17 Å². The SMILES string of the molecule is CCCCCCCC/C=C\CCCCCCCCC1N(C)CCN1CCNC(=O)CCCCCCC/C=C\CCCCCCCC. The highest BCUT2D eigenvalue weighted by Gasteiger charge is 2.28. The van der Waals surface area contributed by atoms with Gasteiger partial charge in [0.1, 0.15) is 0 Å². The maximum Gasteiger partial charge on any atom is 0.220 e. The molecule has 0 aromatic heterocycles. The molecule has 0 spiro atoms. The van der Waals surface area contributed by atoms with Gasteiger partial charge in [-0.25, -0.2) is 0 Å². The van der Waals surface area contributed by atoms with Gasteiger partial charge in [-0.2, -0.15) is 0 Å². The van der Waals surface area contributed by atoms with E-state index in [0.29, 0.717) is 12.6 Å². The van der Waals surface area contributed by atoms with E-state index < -0.39 is 0 Å². The molecule has 1 saturated heterocycles. The lowest BCUT2D eigenvalue weighted by Crippen LogP contribution is -2.41. The highest BCUT2D eigenvalue weighted by atomic mass is 16.1. The summed E-state index contributed by atoms with van der Waals surface area (Å²) in [7, 11) is 2.27. The van der Waals surface area contributed by atoms with E-state index in [1.165, 1.54) is 173 Å². The lowest BCUT2D eigenvalue weighted by Gasteiger charge is -2.28. The summed E-state index contributed by atoms with van der Waals surface area (Å²) in [5, 5.41) is 3.21. The molecule has 46 heavy (non-hydrogen) atoms. The number of carbonyl (C=O) groups excluding carboxylic acids is 1. The zero-order chi connectivity index (χ0) is 33.2. The first kappa shape index (κ1) is 42.9. The van der Waals surface area contributed by atoms with Crippen LogP contribution in [0.1, 0.15) is 200 Å². The molecule has 0 bridgehead atoms. The van der Waals surface area contributed by atoms with E-state index >= 15 is 0 Å². The molecule has 0 aliphatic carbocycles. The van der Waals surface area contributed by atoms with Crippen LogP contribution in [-0.2, 0) is 4.79 Å². The predicted octanol–water partition coefficient (Wildman–Crippen LogP) is 12.1. The van der Waals surface area contributed by atoms with E-state index in [0.717, 1.165) is 32.6 Å². The second-order valence-corrected chi connectivity index (χ2v) is 14.4. The van der Waals surface area contributed by atoms with Crippen LogP contribution in [0, 0.1) is 0 Å². The van der Waals surface area contributed by atoms with Crippen LogP contribution < -0.4 is 5.32 Å². The Kier molecular flexibility index (Phi) is 31.5. The molecule has 4 nitrogen and oxygen atoms in total. The van der Waals surface area contributed by atoms with E-state index in [4.69, 9.17) is 0 Å². The number of hydrogen-bond acceptors (Lipinski definition) is 3. The summed E-state index contributed by atoms with van der Waals surface area (Å²) in [6.07, 6.45) is 48.1. The number of allylic oxidation sites excluding steroid dienone is 4. The van der Waals surface area contributed by atoms with Crippen molar-refractivity contribution in [3.63, 3.8) is 0 Å². The predicted molar refractivity (Wildman–Crippen MR) is 205 cm³/mol. The monoisotopic (exact) mass is 644 g/mol. The maximum absolute atomic E-state index is 12.4. The van der Waals surface area contributed by atoms with Gasteiger partial charge in [-0.05, 0) is 71.3 Å². The van der Waals surface area contributed by atoms with Crippen LogP contribution in [0.25, 0.3) is 0 Å². The first-order valence-corrected chi connectivity index (χ1v) is 20.7. The first-order chi connectivity index (χ1) is 22.7. The van der Waals surface area contributed by atoms with Crippen molar-refractivity contribution in [3.8, 4) is 0 Å². The third-order valence-corrected chi connectivity index (χ3v) is 10.0. The third-order valence-electron chi connectivity index (χ3n) is 10.0. The lowest BCUT2D eigenvalue weighted by molar-refractivity contribution is -0.121. The number of rotatable bonds is 34. The largest absolute Gasteiger partial charge is 0.355 e. The van der Waals surface area contributed by atoms with E-state index in [1.54, 1.807) is 0 Å². The molecule has 0 saturated carbocycles. The summed E-state index contributed by atoms with van der Waals surface area (Å²) in [5.41, 5.74) is 0. The fourth-order valence-electron chi connectivity index (χ4n) is 6.88. The minimum absolute atomic E-state index is 0.245. The van der Waals surface area contributed by atoms with Crippen LogP contribution in [0.3, 0.4) is 0 Å². The van der Waals surface area contributed by atoms with Gasteiger partial charge in [0.2, 0.25) is 5.91 Å². The normalized spacial score (nSPS) is 16.0. The van der Waals surface area contributed by atoms with Crippen molar-refractivity contribution in [1.29, 1.82) is 0 Å². The lowest BCUT2D eigenvalue weighted by atomic mass is 10.1. The smallest absolute Gasteiger partial charge is 0.220 e. The summed E-state index contributed by atoms with van der Waals surface area (Å²) in [6, 6.07) is 0. The fraction of sp³-hybridized carbons (Fsp3) is 0.881. The van der Waals surface area contributed by atoms with Crippen LogP contribution >= 0.6 is 0 Å². The highest BCUT2D eigenvalue weighted by Crippen LogP contribution is 2.19. The summed E-state index contributed by atoms with van der Waals surface area (Å²) in [4.78, 5) is 17.5. The molecule has 1 aliphatic heterocycles. The molecule has 1 amide bonds. The summed E-state index contributed by atoms with van der Waals surface area (Å²) < 4.78 is 0. The second-order valence-electron chi connectivity index (χ2n) is 14.4. The van der Waals surface area contributed by atoms with Crippen molar-refractivity contribution in [2.24, 2.45) is 0 Å². The number of carbonyl (C=O) groups is 1. The summed E-state index contributed by atoms with van der Waals surface area (Å²) >= 11 is 0. The molecule has 1 aliphatic rings. The van der Waals surface area contributed by atoms with E-state index in [2.05, 4.69) is 60.3 Å². The number of likely N-dealkylation sites (N-methyl/N-ethyl adjacent to an activating group) is 1. The van der Waals surface area contributed by atoms with Crippen LogP contribution in [0.15, 0.2) is 24.3 Å². The molecule has 270 valence electrons. The van der Waals surface area contributed by atoms with Gasteiger partial charge in [0.15, 0.2) is 0 Å². The quantitative estimate of drug-likeness (QED) is 0.0560. The molecule has 0 aromatic carbocycles. The van der Waals surface area contributed by atoms with Gasteiger partial charge < -0.3 is 5.32 Å². The van der Waals surface area contributed by atoms with Crippen LogP contribution in [0.4, 0.5) is 0 Å². The molecule has 1 N–H and O–H groups in total. The molecule has 1 fully saturated rings. The maximum atomic E-state index is 12.4. The van der Waals surface area contributed by atoms with E-state index in [1.807, 2.05) is 0 Å². The van der Waals surface area contributed by atoms with Gasteiger partial charge in [0.25, 0.3) is 0 Å². The topological polar surface area (TPSA) is 35.6 Å². The first-order valence-electron chi connectivity index (χ1n) is 20.7. The van der Waals surface area contributed by atoms with Crippen molar-refractivity contribution in [3.05, 3.63) is 24.3 Å². The Labute approximate surface area is 289 Å². The summed E-state index contributed by atoms with van der Waals surface area (Å²) in [6.45, 7) is 8.64. The Morgan fingerprint density at radius 2 is 0.978 bits per heavy atom. The molecule has 1 heterocycles. The Balaban J connectivity index is 1.93. The molecule has 1 unspecified atom stereocenters. The van der Waals surface area contributed by atoms with Crippen molar-refractivity contribution in [2.45, 2.75) is 206 Å². The zero-order valence-electron chi connectivity index (χ0n) is 31.5. The minimum atomic E-state index is 0.245. The Morgan fingerprint density at radius 1 is 0.565 bits per heavy atom. The molecule has 1 atom stereocenters. The molecular weight excluding hydrogens is 562 g/mol. The molecular formula is C42H81N3O. The number of hydrogen-bond donors (Lipinski definition) is 1. The summed E-state index contributed by atoms with van der Waals surface area (Å²) in [5.74, 6) is 0.245. The van der Waals surface area contributed by atoms with Crippen molar-refractivity contribution < 1.29 is 4.79 Å². The Hall–Kier alpha value is -1.13. The van der Waals surface area contributed by atoms with Gasteiger partial charge >= 0.3 is 0 Å². The van der Waals surface area contributed by atoms with Crippen LogP contribution in [0.2, 0.25) is 0 Å². The van der Waals surface area contributed by atoms with Gasteiger partial charge in [-0.1, -0.05) is 154 Å². The number of nitrogens with one attached hydrogen (secondary N) is 1. The molecule has 0 aromatic rings. The molecule has 4 heteroatoms. The number of amides is 1. The molecule has 0 radical (unpaired) electrons. The number of nitrogens with zero attached hydrogens (tertiary/aromatic N) is 2.